The zero-order valence-corrected chi connectivity index (χ0v) is 21.1. The van der Waals surface area contributed by atoms with Crippen molar-refractivity contribution in [1.29, 1.82) is 0 Å². The Balaban J connectivity index is 1.82. The van der Waals surface area contributed by atoms with Gasteiger partial charge in [0.1, 0.15) is 11.6 Å². The number of ether oxygens (including phenoxy) is 1. The van der Waals surface area contributed by atoms with Crippen LogP contribution in [0.5, 0.6) is 0 Å². The summed E-state index contributed by atoms with van der Waals surface area (Å²) in [7, 11) is 0. The zero-order valence-electron chi connectivity index (χ0n) is 21.1. The van der Waals surface area contributed by atoms with Crippen LogP contribution in [0.4, 0.5) is 0 Å². The van der Waals surface area contributed by atoms with Crippen molar-refractivity contribution in [2.24, 2.45) is 5.10 Å². The predicted molar refractivity (Wildman–Crippen MR) is 142 cm³/mol. The summed E-state index contributed by atoms with van der Waals surface area (Å²) in [5.41, 5.74) is 2.90. The fourth-order valence-electron chi connectivity index (χ4n) is 4.08. The number of benzene rings is 3. The van der Waals surface area contributed by atoms with Crippen LogP contribution in [0, 0.1) is 6.92 Å². The number of carbonyl (C=O) groups is 1. The summed E-state index contributed by atoms with van der Waals surface area (Å²) in [5.74, 6) is -0.454. The summed E-state index contributed by atoms with van der Waals surface area (Å²) in [6.07, 6.45) is 1.99. The van der Waals surface area contributed by atoms with Gasteiger partial charge in [-0.05, 0) is 33.3 Å². The summed E-state index contributed by atoms with van der Waals surface area (Å²) < 4.78 is 8.52. The average molecular weight is 482 g/mol. The average Bonchev–Trinajstić information content (AvgIpc) is 3.14. The van der Waals surface area contributed by atoms with Crippen LogP contribution in [0.25, 0.3) is 0 Å². The summed E-state index contributed by atoms with van der Waals surface area (Å²) in [4.78, 5) is 27.0. The van der Waals surface area contributed by atoms with E-state index >= 15 is 0 Å². The molecule has 0 bridgehead atoms. The summed E-state index contributed by atoms with van der Waals surface area (Å²) in [5, 5.41) is 4.75. The van der Waals surface area contributed by atoms with Crippen molar-refractivity contribution in [3.05, 3.63) is 130 Å². The molecule has 3 aromatic carbocycles. The maximum absolute atomic E-state index is 13.7. The Morgan fingerprint density at radius 1 is 0.861 bits per heavy atom. The molecule has 0 N–H and O–H groups in total. The number of rotatable bonds is 7. The first-order valence-corrected chi connectivity index (χ1v) is 12.0. The van der Waals surface area contributed by atoms with E-state index in [1.54, 1.807) is 13.1 Å². The van der Waals surface area contributed by atoms with Gasteiger partial charge in [0.05, 0.1) is 11.9 Å². The van der Waals surface area contributed by atoms with Crippen molar-refractivity contribution < 1.29 is 9.53 Å². The normalized spacial score (nSPS) is 12.1. The van der Waals surface area contributed by atoms with E-state index in [0.717, 1.165) is 16.7 Å². The molecule has 4 rings (SSSR count). The molecule has 0 unspecified atom stereocenters. The number of imidazole rings is 1. The Hall–Kier alpha value is -4.19. The van der Waals surface area contributed by atoms with Crippen molar-refractivity contribution in [2.45, 2.75) is 45.8 Å². The Kier molecular flexibility index (Phi) is 7.34. The molecule has 0 saturated carbocycles. The van der Waals surface area contributed by atoms with Gasteiger partial charge in [0, 0.05) is 23.2 Å². The first kappa shape index (κ1) is 24.9. The van der Waals surface area contributed by atoms with Crippen LogP contribution in [0.3, 0.4) is 0 Å². The molecule has 184 valence electrons. The third-order valence-electron chi connectivity index (χ3n) is 5.66. The lowest BCUT2D eigenvalue weighted by atomic mass is 10.0. The number of aromatic nitrogens is 2. The van der Waals surface area contributed by atoms with E-state index < -0.39 is 23.3 Å². The molecule has 0 aliphatic rings. The molecule has 0 fully saturated rings. The molecule has 0 aliphatic heterocycles. The minimum absolute atomic E-state index is 0.328. The number of esters is 1. The topological polar surface area (TPSA) is 65.6 Å². The second-order valence-corrected chi connectivity index (χ2v) is 9.69. The fourth-order valence-corrected chi connectivity index (χ4v) is 4.08. The number of hydrogen-bond acceptors (Lipinski definition) is 4. The molecule has 0 amide bonds. The van der Waals surface area contributed by atoms with Gasteiger partial charge in [-0.1, -0.05) is 91.0 Å². The summed E-state index contributed by atoms with van der Waals surface area (Å²) >= 11 is 0. The molecule has 1 aromatic heterocycles. The lowest BCUT2D eigenvalue weighted by molar-refractivity contribution is -0.159. The SMILES string of the molecule is Cc1cn(N=C(c2ccccc2)c2ccccc2)c(=O)n1[C@@H](Cc1ccccc1)C(=O)OC(C)(C)C. The van der Waals surface area contributed by atoms with Crippen LogP contribution in [0.15, 0.2) is 107 Å². The van der Waals surface area contributed by atoms with Gasteiger partial charge < -0.3 is 4.74 Å². The molecular formula is C30H31N3O3. The van der Waals surface area contributed by atoms with Crippen molar-refractivity contribution in [3.63, 3.8) is 0 Å². The first-order valence-electron chi connectivity index (χ1n) is 12.0. The van der Waals surface area contributed by atoms with Gasteiger partial charge in [-0.15, -0.1) is 0 Å². The molecular weight excluding hydrogens is 450 g/mol. The lowest BCUT2D eigenvalue weighted by Gasteiger charge is -2.25. The molecule has 4 aromatic rings. The fraction of sp³-hybridized carbons (Fsp3) is 0.233. The molecule has 36 heavy (non-hydrogen) atoms. The molecule has 1 heterocycles. The molecule has 6 heteroatoms. The van der Waals surface area contributed by atoms with E-state index in [9.17, 15) is 9.59 Å². The second kappa shape index (κ2) is 10.6. The van der Waals surface area contributed by atoms with Crippen molar-refractivity contribution in [2.75, 3.05) is 0 Å². The summed E-state index contributed by atoms with van der Waals surface area (Å²) in [6, 6.07) is 28.3. The largest absolute Gasteiger partial charge is 0.458 e. The van der Waals surface area contributed by atoms with Crippen molar-refractivity contribution in [3.8, 4) is 0 Å². The van der Waals surface area contributed by atoms with Gasteiger partial charge >= 0.3 is 11.7 Å². The maximum Gasteiger partial charge on any atom is 0.349 e. The third-order valence-corrected chi connectivity index (χ3v) is 5.66. The smallest absolute Gasteiger partial charge is 0.349 e. The lowest BCUT2D eigenvalue weighted by Crippen LogP contribution is -2.37. The molecule has 0 spiro atoms. The minimum atomic E-state index is -0.826. The van der Waals surface area contributed by atoms with Crippen LogP contribution in [0.1, 0.15) is 49.2 Å². The van der Waals surface area contributed by atoms with Gasteiger partial charge in [0.25, 0.3) is 0 Å². The maximum atomic E-state index is 13.7. The van der Waals surface area contributed by atoms with E-state index in [2.05, 4.69) is 0 Å². The number of hydrogen-bond donors (Lipinski definition) is 0. The molecule has 1 atom stereocenters. The van der Waals surface area contributed by atoms with E-state index in [0.29, 0.717) is 17.8 Å². The van der Waals surface area contributed by atoms with E-state index in [1.807, 2.05) is 112 Å². The predicted octanol–water partition coefficient (Wildman–Crippen LogP) is 5.38. The summed E-state index contributed by atoms with van der Waals surface area (Å²) in [6.45, 7) is 7.27. The Labute approximate surface area is 211 Å². The van der Waals surface area contributed by atoms with Crippen LogP contribution in [-0.2, 0) is 16.0 Å². The van der Waals surface area contributed by atoms with Crippen LogP contribution >= 0.6 is 0 Å². The Bertz CT molecular complexity index is 1360. The molecule has 0 saturated heterocycles. The third kappa shape index (κ3) is 5.89. The van der Waals surface area contributed by atoms with Gasteiger partial charge in [-0.3, -0.25) is 4.57 Å². The van der Waals surface area contributed by atoms with E-state index in [1.165, 1.54) is 9.24 Å². The van der Waals surface area contributed by atoms with E-state index in [4.69, 9.17) is 9.84 Å². The van der Waals surface area contributed by atoms with Gasteiger partial charge in [-0.25, -0.2) is 9.59 Å². The van der Waals surface area contributed by atoms with E-state index in [-0.39, 0.29) is 0 Å². The van der Waals surface area contributed by atoms with Gasteiger partial charge in [-0.2, -0.15) is 9.78 Å². The van der Waals surface area contributed by atoms with Crippen molar-refractivity contribution in [1.82, 2.24) is 9.24 Å². The highest BCUT2D eigenvalue weighted by molar-refractivity contribution is 6.12. The standard InChI is InChI=1S/C30H31N3O3/c1-22-21-32(31-27(24-16-10-6-11-17-24)25-18-12-7-13-19-25)29(35)33(22)26(28(34)36-30(2,3)4)20-23-14-8-5-9-15-23/h5-19,21,26H,20H2,1-4H3/t26-/m0/s1. The number of aryl methyl sites for hydroxylation is 1. The highest BCUT2D eigenvalue weighted by Crippen LogP contribution is 2.21. The van der Waals surface area contributed by atoms with Crippen molar-refractivity contribution >= 4 is 11.7 Å². The highest BCUT2D eigenvalue weighted by Gasteiger charge is 2.30. The number of carbonyl (C=O) groups excluding carboxylic acids is 1. The van der Waals surface area contributed by atoms with Gasteiger partial charge in [0.15, 0.2) is 0 Å². The molecule has 0 aliphatic carbocycles. The number of nitrogens with zero attached hydrogens (tertiary/aromatic N) is 3. The minimum Gasteiger partial charge on any atom is -0.458 e. The zero-order chi connectivity index (χ0) is 25.7. The monoisotopic (exact) mass is 481 g/mol. The van der Waals surface area contributed by atoms with Crippen LogP contribution in [-0.4, -0.2) is 26.5 Å². The highest BCUT2D eigenvalue weighted by atomic mass is 16.6. The molecule has 6 nitrogen and oxygen atoms in total. The van der Waals surface area contributed by atoms with Crippen LogP contribution in [0.2, 0.25) is 0 Å². The van der Waals surface area contributed by atoms with Crippen LogP contribution < -0.4 is 5.69 Å². The molecule has 0 radical (unpaired) electrons. The second-order valence-electron chi connectivity index (χ2n) is 9.69. The van der Waals surface area contributed by atoms with Gasteiger partial charge in [0.2, 0.25) is 0 Å². The Morgan fingerprint density at radius 3 is 1.86 bits per heavy atom. The first-order chi connectivity index (χ1) is 17.2. The quantitative estimate of drug-likeness (QED) is 0.263. The Morgan fingerprint density at radius 2 is 1.36 bits per heavy atom.